The lowest BCUT2D eigenvalue weighted by Crippen LogP contribution is -2.15. The average molecular weight is 236 g/mol. The van der Waals surface area contributed by atoms with E-state index in [9.17, 15) is 0 Å². The lowest BCUT2D eigenvalue weighted by molar-refractivity contribution is 0.101. The predicted molar refractivity (Wildman–Crippen MR) is 65.9 cm³/mol. The molecule has 0 spiro atoms. The number of ether oxygens (including phenoxy) is 2. The molecule has 1 aromatic rings. The first-order valence-corrected chi connectivity index (χ1v) is 6.16. The molecular weight excluding hydrogens is 216 g/mol. The van der Waals surface area contributed by atoms with Gasteiger partial charge in [0.1, 0.15) is 5.75 Å². The molecule has 0 saturated carbocycles. The molecule has 1 fully saturated rings. The molecule has 4 nitrogen and oxygen atoms in total. The van der Waals surface area contributed by atoms with Crippen LogP contribution >= 0.6 is 0 Å². The smallest absolute Gasteiger partial charge is 0.141 e. The lowest BCUT2D eigenvalue weighted by Gasteiger charge is -2.17. The Morgan fingerprint density at radius 2 is 2.53 bits per heavy atom. The molecular formula is C13H20N2O2. The van der Waals surface area contributed by atoms with Gasteiger partial charge >= 0.3 is 0 Å². The number of hydrogen-bond donors (Lipinski definition) is 1. The molecule has 2 rings (SSSR count). The fraction of sp³-hybridized carbons (Fsp3) is 0.615. The van der Waals surface area contributed by atoms with Crippen molar-refractivity contribution < 1.29 is 9.47 Å². The van der Waals surface area contributed by atoms with Gasteiger partial charge in [-0.15, -0.1) is 0 Å². The second-order valence-electron chi connectivity index (χ2n) is 4.44. The van der Waals surface area contributed by atoms with Crippen molar-refractivity contribution in [3.8, 4) is 5.75 Å². The second kappa shape index (κ2) is 5.98. The number of nitrogens with two attached hydrogens (primary N) is 1. The largest absolute Gasteiger partial charge is 0.495 e. The first kappa shape index (κ1) is 12.3. The highest BCUT2D eigenvalue weighted by molar-refractivity contribution is 5.32. The van der Waals surface area contributed by atoms with Crippen LogP contribution in [0.2, 0.25) is 0 Å². The number of methoxy groups -OCH3 is 1. The summed E-state index contributed by atoms with van der Waals surface area (Å²) < 4.78 is 10.9. The van der Waals surface area contributed by atoms with Crippen LogP contribution in [0.4, 0.5) is 0 Å². The maximum Gasteiger partial charge on any atom is 0.141 e. The summed E-state index contributed by atoms with van der Waals surface area (Å²) in [5.41, 5.74) is 7.21. The van der Waals surface area contributed by atoms with Crippen LogP contribution in [0.25, 0.3) is 0 Å². The summed E-state index contributed by atoms with van der Waals surface area (Å²) in [5.74, 6) is 0.771. The van der Waals surface area contributed by atoms with E-state index in [1.54, 1.807) is 19.5 Å². The standard InChI is InChI=1S/C13H20N2O2/c1-16-13-9-15-7-6-11(13)12(14)5-4-10-3-2-8-17-10/h6-7,9-10,12H,2-5,8,14H2,1H3. The highest BCUT2D eigenvalue weighted by Crippen LogP contribution is 2.27. The fourth-order valence-corrected chi connectivity index (χ4v) is 2.26. The van der Waals surface area contributed by atoms with Crippen molar-refractivity contribution >= 4 is 0 Å². The zero-order chi connectivity index (χ0) is 12.1. The van der Waals surface area contributed by atoms with Crippen LogP contribution in [0.5, 0.6) is 5.75 Å². The van der Waals surface area contributed by atoms with Crippen LogP contribution in [-0.2, 0) is 4.74 Å². The summed E-state index contributed by atoms with van der Waals surface area (Å²) in [6, 6.07) is 1.93. The Hall–Kier alpha value is -1.13. The number of pyridine rings is 1. The molecule has 0 aliphatic carbocycles. The van der Waals surface area contributed by atoms with Gasteiger partial charge in [0.25, 0.3) is 0 Å². The van der Waals surface area contributed by atoms with Gasteiger partial charge in [0, 0.05) is 24.4 Å². The third-order valence-corrected chi connectivity index (χ3v) is 3.26. The maximum atomic E-state index is 6.19. The Balaban J connectivity index is 1.91. The zero-order valence-electron chi connectivity index (χ0n) is 10.3. The molecule has 1 aliphatic rings. The van der Waals surface area contributed by atoms with Gasteiger partial charge in [0.05, 0.1) is 19.4 Å². The summed E-state index contributed by atoms with van der Waals surface area (Å²) >= 11 is 0. The topological polar surface area (TPSA) is 57.4 Å². The summed E-state index contributed by atoms with van der Waals surface area (Å²) in [5, 5.41) is 0. The molecule has 2 unspecified atom stereocenters. The summed E-state index contributed by atoms with van der Waals surface area (Å²) in [7, 11) is 1.65. The molecule has 1 aliphatic heterocycles. The molecule has 94 valence electrons. The Labute approximate surface area is 102 Å². The van der Waals surface area contributed by atoms with Crippen LogP contribution in [0.3, 0.4) is 0 Å². The molecule has 1 aromatic heterocycles. The van der Waals surface area contributed by atoms with E-state index in [1.807, 2.05) is 6.07 Å². The van der Waals surface area contributed by atoms with Crippen LogP contribution in [0.1, 0.15) is 37.3 Å². The van der Waals surface area contributed by atoms with Crippen LogP contribution in [-0.4, -0.2) is 24.8 Å². The monoisotopic (exact) mass is 236 g/mol. The molecule has 17 heavy (non-hydrogen) atoms. The maximum absolute atomic E-state index is 6.19. The molecule has 2 N–H and O–H groups in total. The minimum absolute atomic E-state index is 0.00264. The molecule has 4 heteroatoms. The fourth-order valence-electron chi connectivity index (χ4n) is 2.26. The van der Waals surface area contributed by atoms with Gasteiger partial charge < -0.3 is 15.2 Å². The van der Waals surface area contributed by atoms with Crippen molar-refractivity contribution in [1.82, 2.24) is 4.98 Å². The van der Waals surface area contributed by atoms with E-state index < -0.39 is 0 Å². The van der Waals surface area contributed by atoms with Gasteiger partial charge in [-0.2, -0.15) is 0 Å². The summed E-state index contributed by atoms with van der Waals surface area (Å²) in [6.45, 7) is 0.901. The quantitative estimate of drug-likeness (QED) is 0.850. The van der Waals surface area contributed by atoms with E-state index in [1.165, 1.54) is 12.8 Å². The number of rotatable bonds is 5. The average Bonchev–Trinajstić information content (AvgIpc) is 2.89. The van der Waals surface area contributed by atoms with Crippen molar-refractivity contribution in [3.63, 3.8) is 0 Å². The zero-order valence-corrected chi connectivity index (χ0v) is 10.3. The Morgan fingerprint density at radius 3 is 3.24 bits per heavy atom. The third-order valence-electron chi connectivity index (χ3n) is 3.26. The number of aromatic nitrogens is 1. The SMILES string of the molecule is COc1cnccc1C(N)CCC1CCCO1. The van der Waals surface area contributed by atoms with Crippen molar-refractivity contribution in [2.45, 2.75) is 37.8 Å². The lowest BCUT2D eigenvalue weighted by atomic mass is 10.0. The minimum Gasteiger partial charge on any atom is -0.495 e. The highest BCUT2D eigenvalue weighted by Gasteiger charge is 2.18. The molecule has 0 bridgehead atoms. The number of hydrogen-bond acceptors (Lipinski definition) is 4. The van der Waals surface area contributed by atoms with Gasteiger partial charge in [0.15, 0.2) is 0 Å². The summed E-state index contributed by atoms with van der Waals surface area (Å²) in [6.07, 6.45) is 8.15. The first-order valence-electron chi connectivity index (χ1n) is 6.16. The Kier molecular flexibility index (Phi) is 4.34. The van der Waals surface area contributed by atoms with E-state index in [0.717, 1.165) is 30.8 Å². The predicted octanol–water partition coefficient (Wildman–Crippen LogP) is 2.05. The van der Waals surface area contributed by atoms with Gasteiger partial charge in [-0.1, -0.05) is 0 Å². The number of nitrogens with zero attached hydrogens (tertiary/aromatic N) is 1. The van der Waals surface area contributed by atoms with Gasteiger partial charge in [-0.05, 0) is 31.7 Å². The van der Waals surface area contributed by atoms with Crippen LogP contribution in [0.15, 0.2) is 18.5 Å². The Morgan fingerprint density at radius 1 is 1.65 bits per heavy atom. The third kappa shape index (κ3) is 3.17. The van der Waals surface area contributed by atoms with Gasteiger partial charge in [-0.25, -0.2) is 0 Å². The van der Waals surface area contributed by atoms with E-state index in [2.05, 4.69) is 4.98 Å². The molecule has 1 saturated heterocycles. The molecule has 0 radical (unpaired) electrons. The van der Waals surface area contributed by atoms with Crippen molar-refractivity contribution in [1.29, 1.82) is 0 Å². The Bertz CT molecular complexity index is 351. The van der Waals surface area contributed by atoms with Crippen LogP contribution in [0, 0.1) is 0 Å². The van der Waals surface area contributed by atoms with Crippen molar-refractivity contribution in [2.75, 3.05) is 13.7 Å². The van der Waals surface area contributed by atoms with Crippen LogP contribution < -0.4 is 10.5 Å². The van der Waals surface area contributed by atoms with Crippen molar-refractivity contribution in [2.24, 2.45) is 5.73 Å². The van der Waals surface area contributed by atoms with Crippen molar-refractivity contribution in [3.05, 3.63) is 24.0 Å². The van der Waals surface area contributed by atoms with E-state index in [-0.39, 0.29) is 6.04 Å². The minimum atomic E-state index is -0.00264. The van der Waals surface area contributed by atoms with E-state index >= 15 is 0 Å². The summed E-state index contributed by atoms with van der Waals surface area (Å²) in [4.78, 5) is 4.03. The van der Waals surface area contributed by atoms with Gasteiger partial charge in [0.2, 0.25) is 0 Å². The highest BCUT2D eigenvalue weighted by atomic mass is 16.5. The molecule has 0 amide bonds. The first-order chi connectivity index (χ1) is 8.31. The van der Waals surface area contributed by atoms with E-state index in [4.69, 9.17) is 15.2 Å². The second-order valence-corrected chi connectivity index (χ2v) is 4.44. The van der Waals surface area contributed by atoms with Gasteiger partial charge in [-0.3, -0.25) is 4.98 Å². The normalized spacial score (nSPS) is 21.4. The van der Waals surface area contributed by atoms with E-state index in [0.29, 0.717) is 6.10 Å². The molecule has 0 aromatic carbocycles. The molecule has 2 atom stereocenters. The molecule has 2 heterocycles.